The lowest BCUT2D eigenvalue weighted by Crippen LogP contribution is -1.97. The van der Waals surface area contributed by atoms with Crippen LogP contribution in [-0.2, 0) is 6.61 Å². The van der Waals surface area contributed by atoms with E-state index in [-0.39, 0.29) is 5.82 Å². The van der Waals surface area contributed by atoms with Crippen molar-refractivity contribution >= 4 is 59.4 Å². The van der Waals surface area contributed by atoms with Gasteiger partial charge in [-0.3, -0.25) is 0 Å². The van der Waals surface area contributed by atoms with E-state index in [1.165, 1.54) is 12.1 Å². The molecular formula is C22H13Br3FNO. The summed E-state index contributed by atoms with van der Waals surface area (Å²) in [7, 11) is 0. The minimum atomic E-state index is -0.277. The van der Waals surface area contributed by atoms with Gasteiger partial charge >= 0.3 is 0 Å². The van der Waals surface area contributed by atoms with E-state index >= 15 is 0 Å². The van der Waals surface area contributed by atoms with Crippen molar-refractivity contribution in [1.82, 2.24) is 0 Å². The highest BCUT2D eigenvalue weighted by Crippen LogP contribution is 2.36. The molecule has 0 aromatic heterocycles. The van der Waals surface area contributed by atoms with Crippen LogP contribution >= 0.6 is 47.8 Å². The Morgan fingerprint density at radius 1 is 0.964 bits per heavy atom. The molecule has 0 saturated carbocycles. The molecule has 6 heteroatoms. The summed E-state index contributed by atoms with van der Waals surface area (Å²) in [6, 6.07) is 19.8. The first-order valence-electron chi connectivity index (χ1n) is 8.20. The zero-order chi connectivity index (χ0) is 20.1. The molecule has 0 spiro atoms. The number of hydrogen-bond acceptors (Lipinski definition) is 2. The van der Waals surface area contributed by atoms with Gasteiger partial charge < -0.3 is 4.74 Å². The average Bonchev–Trinajstić information content (AvgIpc) is 2.67. The van der Waals surface area contributed by atoms with Crippen molar-refractivity contribution in [2.45, 2.75) is 6.61 Å². The zero-order valence-electron chi connectivity index (χ0n) is 14.4. The van der Waals surface area contributed by atoms with E-state index in [0.29, 0.717) is 17.9 Å². The van der Waals surface area contributed by atoms with Gasteiger partial charge in [0.05, 0.1) is 20.6 Å². The predicted molar refractivity (Wildman–Crippen MR) is 120 cm³/mol. The van der Waals surface area contributed by atoms with Crippen molar-refractivity contribution < 1.29 is 9.13 Å². The van der Waals surface area contributed by atoms with Gasteiger partial charge in [-0.15, -0.1) is 0 Å². The number of allylic oxidation sites excluding steroid dienone is 1. The van der Waals surface area contributed by atoms with Crippen LogP contribution in [0.1, 0.15) is 16.7 Å². The minimum Gasteiger partial charge on any atom is -0.487 e. The monoisotopic (exact) mass is 563 g/mol. The van der Waals surface area contributed by atoms with Crippen LogP contribution in [0.15, 0.2) is 74.1 Å². The number of nitriles is 1. The molecule has 0 aliphatic rings. The molecule has 0 atom stereocenters. The lowest BCUT2D eigenvalue weighted by molar-refractivity contribution is 0.302. The number of benzene rings is 3. The fraction of sp³-hybridized carbons (Fsp3) is 0.0455. The summed E-state index contributed by atoms with van der Waals surface area (Å²) in [6.07, 6.45) is 1.82. The van der Waals surface area contributed by atoms with Crippen molar-refractivity contribution in [3.05, 3.63) is 96.6 Å². The van der Waals surface area contributed by atoms with E-state index in [0.717, 1.165) is 30.1 Å². The highest BCUT2D eigenvalue weighted by Gasteiger charge is 2.10. The molecule has 0 fully saturated rings. The molecule has 0 aliphatic carbocycles. The number of nitrogens with zero attached hydrogens (tertiary/aromatic N) is 1. The molecule has 2 nitrogen and oxygen atoms in total. The Balaban J connectivity index is 1.83. The molecule has 0 N–H and O–H groups in total. The van der Waals surface area contributed by atoms with Crippen LogP contribution in [0.4, 0.5) is 4.39 Å². The normalized spacial score (nSPS) is 11.2. The number of halogens is 4. The number of hydrogen-bond donors (Lipinski definition) is 0. The van der Waals surface area contributed by atoms with Crippen LogP contribution in [0.5, 0.6) is 5.75 Å². The number of rotatable bonds is 5. The summed E-state index contributed by atoms with van der Waals surface area (Å²) in [5.41, 5.74) is 3.12. The first-order chi connectivity index (χ1) is 13.5. The first kappa shape index (κ1) is 20.8. The van der Waals surface area contributed by atoms with Gasteiger partial charge in [-0.05, 0) is 91.0 Å². The van der Waals surface area contributed by atoms with E-state index in [2.05, 4.69) is 53.9 Å². The molecule has 3 aromatic rings. The summed E-state index contributed by atoms with van der Waals surface area (Å²) in [4.78, 5) is 0. The van der Waals surface area contributed by atoms with E-state index in [1.54, 1.807) is 12.1 Å². The molecule has 0 aliphatic heterocycles. The van der Waals surface area contributed by atoms with E-state index in [9.17, 15) is 9.65 Å². The minimum absolute atomic E-state index is 0.277. The highest BCUT2D eigenvalue weighted by molar-refractivity contribution is 9.11. The molecule has 28 heavy (non-hydrogen) atoms. The summed E-state index contributed by atoms with van der Waals surface area (Å²) < 4.78 is 21.3. The van der Waals surface area contributed by atoms with E-state index < -0.39 is 0 Å². The van der Waals surface area contributed by atoms with Crippen molar-refractivity contribution in [3.8, 4) is 11.8 Å². The molecule has 0 heterocycles. The summed E-state index contributed by atoms with van der Waals surface area (Å²) in [5.74, 6) is 0.366. The van der Waals surface area contributed by atoms with Gasteiger partial charge in [0.15, 0.2) is 0 Å². The Bertz CT molecular complexity index is 1030. The van der Waals surface area contributed by atoms with E-state index in [4.69, 9.17) is 4.74 Å². The van der Waals surface area contributed by atoms with Crippen LogP contribution in [0, 0.1) is 17.1 Å². The molecular weight excluding hydrogens is 553 g/mol. The fourth-order valence-electron chi connectivity index (χ4n) is 2.51. The van der Waals surface area contributed by atoms with Crippen molar-refractivity contribution in [3.63, 3.8) is 0 Å². The molecule has 0 radical (unpaired) electrons. The maximum Gasteiger partial charge on any atom is 0.148 e. The number of ether oxygens (including phenoxy) is 1. The molecule has 140 valence electrons. The van der Waals surface area contributed by atoms with Gasteiger partial charge in [0.2, 0.25) is 0 Å². The summed E-state index contributed by atoms with van der Waals surface area (Å²) in [6.45, 7) is 0.314. The van der Waals surface area contributed by atoms with Gasteiger partial charge in [0.25, 0.3) is 0 Å². The Labute approximate surface area is 188 Å². The molecule has 0 amide bonds. The van der Waals surface area contributed by atoms with Gasteiger partial charge in [0.1, 0.15) is 18.2 Å². The Morgan fingerprint density at radius 3 is 2.14 bits per heavy atom. The van der Waals surface area contributed by atoms with Gasteiger partial charge in [-0.25, -0.2) is 4.39 Å². The zero-order valence-corrected chi connectivity index (χ0v) is 19.2. The smallest absolute Gasteiger partial charge is 0.148 e. The maximum absolute atomic E-state index is 13.0. The van der Waals surface area contributed by atoms with Crippen LogP contribution in [-0.4, -0.2) is 0 Å². The van der Waals surface area contributed by atoms with Crippen molar-refractivity contribution in [1.29, 1.82) is 5.26 Å². The summed E-state index contributed by atoms with van der Waals surface area (Å²) in [5, 5.41) is 9.53. The molecule has 0 unspecified atom stereocenters. The maximum atomic E-state index is 13.0. The Kier molecular flexibility index (Phi) is 7.06. The average molecular weight is 566 g/mol. The first-order valence-corrected chi connectivity index (χ1v) is 10.6. The second kappa shape index (κ2) is 9.51. The lowest BCUT2D eigenvalue weighted by Gasteiger charge is -2.12. The standard InChI is InChI=1S/C22H13Br3FNO/c23-18-5-3-16(4-6-18)17(12-27)9-15-10-20(24)22(21(25)11-15)28-13-14-1-7-19(26)8-2-14/h1-11H,13H2/b17-9+. The van der Waals surface area contributed by atoms with Crippen LogP contribution in [0.25, 0.3) is 11.6 Å². The largest absolute Gasteiger partial charge is 0.487 e. The Hall–Kier alpha value is -1.94. The van der Waals surface area contributed by atoms with Gasteiger partial charge in [-0.2, -0.15) is 5.26 Å². The highest BCUT2D eigenvalue weighted by atomic mass is 79.9. The third-order valence-corrected chi connectivity index (χ3v) is 5.61. The molecule has 0 bridgehead atoms. The fourth-order valence-corrected chi connectivity index (χ4v) is 4.23. The Morgan fingerprint density at radius 2 is 1.57 bits per heavy atom. The van der Waals surface area contributed by atoms with Gasteiger partial charge in [0, 0.05) is 4.47 Å². The SMILES string of the molecule is N#C/C(=C\c1cc(Br)c(OCc2ccc(F)cc2)c(Br)c1)c1ccc(Br)cc1. The lowest BCUT2D eigenvalue weighted by atomic mass is 10.0. The van der Waals surface area contributed by atoms with Crippen LogP contribution < -0.4 is 4.74 Å². The predicted octanol–water partition coefficient (Wildman–Crippen LogP) is 7.76. The summed E-state index contributed by atoms with van der Waals surface area (Å²) >= 11 is 10.5. The van der Waals surface area contributed by atoms with Crippen LogP contribution in [0.2, 0.25) is 0 Å². The third kappa shape index (κ3) is 5.32. The van der Waals surface area contributed by atoms with Gasteiger partial charge in [-0.1, -0.05) is 40.2 Å². The van der Waals surface area contributed by atoms with E-state index in [1.807, 2.05) is 42.5 Å². The van der Waals surface area contributed by atoms with Crippen LogP contribution in [0.3, 0.4) is 0 Å². The quantitative estimate of drug-likeness (QED) is 0.234. The third-order valence-electron chi connectivity index (χ3n) is 3.90. The second-order valence-corrected chi connectivity index (χ2v) is 8.53. The molecule has 3 rings (SSSR count). The molecule has 0 saturated heterocycles. The van der Waals surface area contributed by atoms with Crippen molar-refractivity contribution in [2.75, 3.05) is 0 Å². The second-order valence-electron chi connectivity index (χ2n) is 5.91. The topological polar surface area (TPSA) is 33.0 Å². The molecule has 3 aromatic carbocycles. The van der Waals surface area contributed by atoms with Crippen molar-refractivity contribution in [2.24, 2.45) is 0 Å².